The van der Waals surface area contributed by atoms with E-state index in [1.807, 2.05) is 25.1 Å². The lowest BCUT2D eigenvalue weighted by molar-refractivity contribution is 1.08. The van der Waals surface area contributed by atoms with Crippen LogP contribution >= 0.6 is 11.3 Å². The maximum Gasteiger partial charge on any atom is 0.144 e. The molecule has 1 aromatic carbocycles. The number of aromatic nitrogens is 3. The first-order chi connectivity index (χ1) is 9.83. The summed E-state index contributed by atoms with van der Waals surface area (Å²) in [6.45, 7) is 2.76. The molecule has 0 atom stereocenters. The highest BCUT2D eigenvalue weighted by atomic mass is 32.1. The highest BCUT2D eigenvalue weighted by Crippen LogP contribution is 2.28. The maximum atomic E-state index is 4.64. The normalized spacial score (nSPS) is 10.4. The van der Waals surface area contributed by atoms with Crippen molar-refractivity contribution in [2.24, 2.45) is 0 Å². The van der Waals surface area contributed by atoms with E-state index in [1.165, 1.54) is 4.88 Å². The van der Waals surface area contributed by atoms with Crippen LogP contribution in [0.2, 0.25) is 0 Å². The van der Waals surface area contributed by atoms with Gasteiger partial charge in [-0.25, -0.2) is 9.97 Å². The quantitative estimate of drug-likeness (QED) is 0.795. The fourth-order valence-electron chi connectivity index (χ4n) is 1.86. The molecule has 0 bridgehead atoms. The highest BCUT2D eigenvalue weighted by molar-refractivity contribution is 7.15. The summed E-state index contributed by atoms with van der Waals surface area (Å²) < 4.78 is 0. The van der Waals surface area contributed by atoms with Gasteiger partial charge in [-0.2, -0.15) is 0 Å². The van der Waals surface area contributed by atoms with Gasteiger partial charge in [-0.3, -0.25) is 4.98 Å². The molecule has 2 heterocycles. The van der Waals surface area contributed by atoms with Gasteiger partial charge >= 0.3 is 0 Å². The van der Waals surface area contributed by atoms with Crippen LogP contribution in [-0.2, 0) is 6.54 Å². The summed E-state index contributed by atoms with van der Waals surface area (Å²) in [5.41, 5.74) is 2.22. The predicted molar refractivity (Wildman–Crippen MR) is 81.6 cm³/mol. The third kappa shape index (κ3) is 2.83. The van der Waals surface area contributed by atoms with Crippen LogP contribution in [0.5, 0.6) is 0 Å². The molecule has 2 aromatic heterocycles. The van der Waals surface area contributed by atoms with E-state index < -0.39 is 0 Å². The third-order valence-corrected chi connectivity index (χ3v) is 4.11. The summed E-state index contributed by atoms with van der Waals surface area (Å²) >= 11 is 1.71. The van der Waals surface area contributed by atoms with E-state index in [-0.39, 0.29) is 0 Å². The Morgan fingerprint density at radius 3 is 2.75 bits per heavy atom. The summed E-state index contributed by atoms with van der Waals surface area (Å²) in [6.07, 6.45) is 5.06. The van der Waals surface area contributed by atoms with E-state index in [1.54, 1.807) is 29.9 Å². The number of nitrogens with zero attached hydrogens (tertiary/aromatic N) is 3. The number of rotatable bonds is 4. The number of nitrogens with one attached hydrogen (secondary N) is 1. The minimum atomic E-state index is 0.717. The molecule has 0 aliphatic heterocycles. The first kappa shape index (κ1) is 12.7. The van der Waals surface area contributed by atoms with Crippen LogP contribution < -0.4 is 5.32 Å². The summed E-state index contributed by atoms with van der Waals surface area (Å²) in [5.74, 6) is 0.779. The van der Waals surface area contributed by atoms with Crippen LogP contribution in [0.1, 0.15) is 10.6 Å². The molecule has 3 aromatic rings. The number of hydrogen-bond donors (Lipinski definition) is 1. The van der Waals surface area contributed by atoms with Gasteiger partial charge in [0.2, 0.25) is 0 Å². The topological polar surface area (TPSA) is 50.7 Å². The summed E-state index contributed by atoms with van der Waals surface area (Å²) in [6, 6.07) is 10.2. The van der Waals surface area contributed by atoms with Crippen LogP contribution in [0.25, 0.3) is 10.6 Å². The van der Waals surface area contributed by atoms with E-state index in [2.05, 4.69) is 32.4 Å². The standard InChI is InChI=1S/C15H14N4S/c1-11-13(9-18-14-10-16-7-8-17-14)20-15(19-11)12-5-3-2-4-6-12/h2-8,10H,9H2,1H3,(H,17,18). The molecule has 0 saturated heterocycles. The molecule has 0 saturated carbocycles. The zero-order chi connectivity index (χ0) is 13.8. The van der Waals surface area contributed by atoms with Gasteiger partial charge in [0.1, 0.15) is 10.8 Å². The van der Waals surface area contributed by atoms with Gasteiger partial charge in [0.25, 0.3) is 0 Å². The summed E-state index contributed by atoms with van der Waals surface area (Å²) in [5, 5.41) is 4.32. The van der Waals surface area contributed by atoms with Crippen LogP contribution in [0.15, 0.2) is 48.9 Å². The number of benzene rings is 1. The molecule has 3 rings (SSSR count). The molecule has 0 aliphatic rings. The van der Waals surface area contributed by atoms with Gasteiger partial charge in [0.15, 0.2) is 0 Å². The second kappa shape index (κ2) is 5.79. The summed E-state index contributed by atoms with van der Waals surface area (Å²) in [7, 11) is 0. The fraction of sp³-hybridized carbons (Fsp3) is 0.133. The molecule has 0 radical (unpaired) electrons. The molecule has 0 spiro atoms. The van der Waals surface area contributed by atoms with Crippen molar-refractivity contribution in [3.63, 3.8) is 0 Å². The maximum absolute atomic E-state index is 4.64. The van der Waals surface area contributed by atoms with E-state index in [0.29, 0.717) is 0 Å². The van der Waals surface area contributed by atoms with Crippen LogP contribution in [-0.4, -0.2) is 15.0 Å². The molecule has 0 unspecified atom stereocenters. The van der Waals surface area contributed by atoms with Gasteiger partial charge in [0, 0.05) is 22.8 Å². The van der Waals surface area contributed by atoms with Gasteiger partial charge in [0.05, 0.1) is 18.4 Å². The SMILES string of the molecule is Cc1nc(-c2ccccc2)sc1CNc1cnccn1. The van der Waals surface area contributed by atoms with Crippen molar-refractivity contribution >= 4 is 17.2 Å². The molecule has 100 valence electrons. The predicted octanol–water partition coefficient (Wildman–Crippen LogP) is 3.52. The van der Waals surface area contributed by atoms with Crippen LogP contribution in [0, 0.1) is 6.92 Å². The molecule has 1 N–H and O–H groups in total. The molecule has 0 fully saturated rings. The fourth-order valence-corrected chi connectivity index (χ4v) is 2.87. The lowest BCUT2D eigenvalue weighted by Crippen LogP contribution is -2.00. The van der Waals surface area contributed by atoms with E-state index in [0.717, 1.165) is 28.6 Å². The Bertz CT molecular complexity index is 680. The molecule has 4 nitrogen and oxygen atoms in total. The van der Waals surface area contributed by atoms with Gasteiger partial charge < -0.3 is 5.32 Å². The van der Waals surface area contributed by atoms with Crippen molar-refractivity contribution in [3.05, 3.63) is 59.5 Å². The number of thiazole rings is 1. The first-order valence-electron chi connectivity index (χ1n) is 6.34. The summed E-state index contributed by atoms with van der Waals surface area (Å²) in [4.78, 5) is 14.1. The largest absolute Gasteiger partial charge is 0.364 e. The van der Waals surface area contributed by atoms with Crippen molar-refractivity contribution in [2.45, 2.75) is 13.5 Å². The lowest BCUT2D eigenvalue weighted by Gasteiger charge is -2.02. The Hall–Kier alpha value is -2.27. The smallest absolute Gasteiger partial charge is 0.144 e. The Balaban J connectivity index is 1.76. The van der Waals surface area contributed by atoms with Gasteiger partial charge in [-0.15, -0.1) is 11.3 Å². The minimum Gasteiger partial charge on any atom is -0.364 e. The number of anilines is 1. The van der Waals surface area contributed by atoms with E-state index >= 15 is 0 Å². The molecule has 20 heavy (non-hydrogen) atoms. The monoisotopic (exact) mass is 282 g/mol. The Labute approximate surface area is 121 Å². The molecule has 0 amide bonds. The van der Waals surface area contributed by atoms with Crippen LogP contribution in [0.4, 0.5) is 5.82 Å². The minimum absolute atomic E-state index is 0.717. The second-order valence-corrected chi connectivity index (χ2v) is 5.42. The third-order valence-electron chi connectivity index (χ3n) is 2.91. The zero-order valence-corrected chi connectivity index (χ0v) is 11.9. The molecular formula is C15H14N4S. The van der Waals surface area contributed by atoms with Gasteiger partial charge in [-0.1, -0.05) is 30.3 Å². The second-order valence-electron chi connectivity index (χ2n) is 4.34. The Morgan fingerprint density at radius 1 is 1.15 bits per heavy atom. The number of hydrogen-bond acceptors (Lipinski definition) is 5. The average molecular weight is 282 g/mol. The van der Waals surface area contributed by atoms with Gasteiger partial charge in [-0.05, 0) is 6.92 Å². The number of aryl methyl sites for hydroxylation is 1. The first-order valence-corrected chi connectivity index (χ1v) is 7.16. The van der Waals surface area contributed by atoms with Crippen molar-refractivity contribution < 1.29 is 0 Å². The molecular weight excluding hydrogens is 268 g/mol. The zero-order valence-electron chi connectivity index (χ0n) is 11.1. The van der Waals surface area contributed by atoms with Crippen molar-refractivity contribution in [2.75, 3.05) is 5.32 Å². The van der Waals surface area contributed by atoms with Crippen molar-refractivity contribution in [1.82, 2.24) is 15.0 Å². The Morgan fingerprint density at radius 2 is 2.00 bits per heavy atom. The van der Waals surface area contributed by atoms with Crippen LogP contribution in [0.3, 0.4) is 0 Å². The highest BCUT2D eigenvalue weighted by Gasteiger charge is 2.09. The molecule has 5 heteroatoms. The van der Waals surface area contributed by atoms with Crippen molar-refractivity contribution in [3.8, 4) is 10.6 Å². The average Bonchev–Trinajstić information content (AvgIpc) is 2.88. The van der Waals surface area contributed by atoms with E-state index in [4.69, 9.17) is 0 Å². The van der Waals surface area contributed by atoms with Crippen molar-refractivity contribution in [1.29, 1.82) is 0 Å². The van der Waals surface area contributed by atoms with E-state index in [9.17, 15) is 0 Å². The molecule has 0 aliphatic carbocycles. The lowest BCUT2D eigenvalue weighted by atomic mass is 10.2. The Kier molecular flexibility index (Phi) is 3.69.